The number of hydrogen-bond acceptors (Lipinski definition) is 3. The fourth-order valence-corrected chi connectivity index (χ4v) is 2.75. The Labute approximate surface area is 108 Å². The molecule has 1 amide bonds. The first kappa shape index (κ1) is 13.1. The molecule has 2 atom stereocenters. The van der Waals surface area contributed by atoms with Crippen LogP contribution < -0.4 is 5.32 Å². The summed E-state index contributed by atoms with van der Waals surface area (Å²) in [5.74, 6) is 1.06. The highest BCUT2D eigenvalue weighted by Gasteiger charge is 2.31. The van der Waals surface area contributed by atoms with Crippen LogP contribution in [0.25, 0.3) is 0 Å². The molecule has 0 saturated carbocycles. The second-order valence-corrected chi connectivity index (χ2v) is 5.04. The van der Waals surface area contributed by atoms with Crippen molar-refractivity contribution in [3.05, 3.63) is 23.7 Å². The fourth-order valence-electron chi connectivity index (χ4n) is 2.75. The molecular formula is C14H22N2O2. The number of furan rings is 1. The average Bonchev–Trinajstić information content (AvgIpc) is 2.83. The zero-order valence-corrected chi connectivity index (χ0v) is 11.4. The van der Waals surface area contributed by atoms with Crippen LogP contribution >= 0.6 is 0 Å². The number of nitrogens with zero attached hydrogens (tertiary/aromatic N) is 1. The molecule has 0 aliphatic carbocycles. The quantitative estimate of drug-likeness (QED) is 0.893. The minimum Gasteiger partial charge on any atom is -0.459 e. The Morgan fingerprint density at radius 3 is 2.94 bits per heavy atom. The molecule has 1 aliphatic rings. The number of amides is 1. The van der Waals surface area contributed by atoms with Gasteiger partial charge in [0, 0.05) is 24.7 Å². The smallest absolute Gasteiger partial charge is 0.289 e. The van der Waals surface area contributed by atoms with E-state index < -0.39 is 0 Å². The van der Waals surface area contributed by atoms with Crippen LogP contribution in [0.15, 0.2) is 16.7 Å². The maximum absolute atomic E-state index is 12.3. The van der Waals surface area contributed by atoms with E-state index in [0.717, 1.165) is 31.5 Å². The van der Waals surface area contributed by atoms with Crippen LogP contribution in [0.3, 0.4) is 0 Å². The summed E-state index contributed by atoms with van der Waals surface area (Å²) in [6.45, 7) is 5.72. The van der Waals surface area contributed by atoms with Crippen molar-refractivity contribution in [2.45, 2.75) is 32.7 Å². The molecule has 1 aromatic rings. The largest absolute Gasteiger partial charge is 0.459 e. The van der Waals surface area contributed by atoms with Gasteiger partial charge in [-0.15, -0.1) is 0 Å². The number of carbonyl (C=O) groups excluding carboxylic acids is 1. The third-order valence-corrected chi connectivity index (χ3v) is 3.97. The lowest BCUT2D eigenvalue weighted by Gasteiger charge is -2.37. The molecule has 4 heteroatoms. The molecule has 100 valence electrons. The maximum Gasteiger partial charge on any atom is 0.289 e. The van der Waals surface area contributed by atoms with Gasteiger partial charge in [-0.25, -0.2) is 0 Å². The van der Waals surface area contributed by atoms with Gasteiger partial charge in [0.2, 0.25) is 0 Å². The van der Waals surface area contributed by atoms with E-state index in [4.69, 9.17) is 4.42 Å². The van der Waals surface area contributed by atoms with Gasteiger partial charge in [0.25, 0.3) is 5.91 Å². The van der Waals surface area contributed by atoms with Crippen LogP contribution in [0.5, 0.6) is 0 Å². The second-order valence-electron chi connectivity index (χ2n) is 5.04. The van der Waals surface area contributed by atoms with Gasteiger partial charge in [-0.1, -0.05) is 13.3 Å². The van der Waals surface area contributed by atoms with Crippen LogP contribution in [-0.4, -0.2) is 37.0 Å². The molecule has 1 aromatic heterocycles. The highest BCUT2D eigenvalue weighted by Crippen LogP contribution is 2.22. The van der Waals surface area contributed by atoms with Gasteiger partial charge in [0.15, 0.2) is 5.76 Å². The predicted molar refractivity (Wildman–Crippen MR) is 70.6 cm³/mol. The minimum absolute atomic E-state index is 0.0329. The van der Waals surface area contributed by atoms with Crippen molar-refractivity contribution in [2.24, 2.45) is 5.92 Å². The van der Waals surface area contributed by atoms with E-state index in [9.17, 15) is 4.79 Å². The number of aryl methyl sites for hydroxylation is 1. The Kier molecular flexibility index (Phi) is 4.07. The number of likely N-dealkylation sites (tertiary alicyclic amines) is 1. The third-order valence-electron chi connectivity index (χ3n) is 3.97. The number of hydrogen-bond donors (Lipinski definition) is 1. The molecule has 0 aromatic carbocycles. The zero-order valence-electron chi connectivity index (χ0n) is 11.4. The molecule has 2 unspecified atom stereocenters. The van der Waals surface area contributed by atoms with Crippen molar-refractivity contribution < 1.29 is 9.21 Å². The van der Waals surface area contributed by atoms with Gasteiger partial charge in [0.1, 0.15) is 0 Å². The second kappa shape index (κ2) is 5.57. The summed E-state index contributed by atoms with van der Waals surface area (Å²) in [7, 11) is 2.00. The lowest BCUT2D eigenvalue weighted by Crippen LogP contribution is -2.50. The van der Waals surface area contributed by atoms with Crippen LogP contribution in [0.1, 0.15) is 35.9 Å². The minimum atomic E-state index is 0.0329. The standard InChI is InChI=1S/C14H22N2O2/c1-4-11-9-16(7-5-12(11)15-3)14(17)13-10(2)6-8-18-13/h6,8,11-12,15H,4-5,7,9H2,1-3H3. The molecule has 0 spiro atoms. The van der Waals surface area contributed by atoms with E-state index in [1.165, 1.54) is 0 Å². The van der Waals surface area contributed by atoms with Crippen LogP contribution in [0.2, 0.25) is 0 Å². The van der Waals surface area contributed by atoms with Crippen molar-refractivity contribution in [3.8, 4) is 0 Å². The first-order chi connectivity index (χ1) is 8.67. The Balaban J connectivity index is 2.07. The lowest BCUT2D eigenvalue weighted by molar-refractivity contribution is 0.0599. The first-order valence-electron chi connectivity index (χ1n) is 6.68. The third kappa shape index (κ3) is 2.43. The van der Waals surface area contributed by atoms with Crippen LogP contribution in [0.4, 0.5) is 0 Å². The summed E-state index contributed by atoms with van der Waals surface area (Å²) in [5, 5.41) is 3.35. The van der Waals surface area contributed by atoms with E-state index in [-0.39, 0.29) is 5.91 Å². The van der Waals surface area contributed by atoms with Crippen molar-refractivity contribution >= 4 is 5.91 Å². The molecule has 1 saturated heterocycles. The normalized spacial score (nSPS) is 24.3. The van der Waals surface area contributed by atoms with Crippen LogP contribution in [-0.2, 0) is 0 Å². The lowest BCUT2D eigenvalue weighted by atomic mass is 9.90. The summed E-state index contributed by atoms with van der Waals surface area (Å²) in [5.41, 5.74) is 0.920. The number of carbonyl (C=O) groups is 1. The molecule has 18 heavy (non-hydrogen) atoms. The highest BCUT2D eigenvalue weighted by molar-refractivity contribution is 5.92. The topological polar surface area (TPSA) is 45.5 Å². The Morgan fingerprint density at radius 2 is 2.39 bits per heavy atom. The van der Waals surface area contributed by atoms with Crippen molar-refractivity contribution in [2.75, 3.05) is 20.1 Å². The maximum atomic E-state index is 12.3. The monoisotopic (exact) mass is 250 g/mol. The van der Waals surface area contributed by atoms with Crippen molar-refractivity contribution in [3.63, 3.8) is 0 Å². The van der Waals surface area contributed by atoms with Gasteiger partial charge in [-0.2, -0.15) is 0 Å². The average molecular weight is 250 g/mol. The van der Waals surface area contributed by atoms with Gasteiger partial charge < -0.3 is 14.6 Å². The zero-order chi connectivity index (χ0) is 13.1. The number of piperidine rings is 1. The summed E-state index contributed by atoms with van der Waals surface area (Å²) < 4.78 is 5.29. The Morgan fingerprint density at radius 1 is 1.61 bits per heavy atom. The summed E-state index contributed by atoms with van der Waals surface area (Å²) >= 11 is 0. The van der Waals surface area contributed by atoms with E-state index >= 15 is 0 Å². The van der Waals surface area contributed by atoms with Gasteiger partial charge in [0.05, 0.1) is 6.26 Å². The molecule has 1 aliphatic heterocycles. The van der Waals surface area contributed by atoms with Crippen molar-refractivity contribution in [1.82, 2.24) is 10.2 Å². The molecule has 1 N–H and O–H groups in total. The Bertz CT molecular complexity index is 414. The number of nitrogens with one attached hydrogen (secondary N) is 1. The molecule has 0 radical (unpaired) electrons. The van der Waals surface area contributed by atoms with E-state index in [2.05, 4.69) is 12.2 Å². The van der Waals surface area contributed by atoms with Gasteiger partial charge in [-0.05, 0) is 32.4 Å². The predicted octanol–water partition coefficient (Wildman–Crippen LogP) is 2.05. The highest BCUT2D eigenvalue weighted by atomic mass is 16.3. The summed E-state index contributed by atoms with van der Waals surface area (Å²) in [6, 6.07) is 2.36. The fraction of sp³-hybridized carbons (Fsp3) is 0.643. The van der Waals surface area contributed by atoms with Gasteiger partial charge >= 0.3 is 0 Å². The van der Waals surface area contributed by atoms with Gasteiger partial charge in [-0.3, -0.25) is 4.79 Å². The molecular weight excluding hydrogens is 228 g/mol. The Hall–Kier alpha value is -1.29. The van der Waals surface area contributed by atoms with E-state index in [1.54, 1.807) is 6.26 Å². The first-order valence-corrected chi connectivity index (χ1v) is 6.68. The molecule has 2 rings (SSSR count). The molecule has 2 heterocycles. The number of rotatable bonds is 3. The van der Waals surface area contributed by atoms with E-state index in [0.29, 0.717) is 17.7 Å². The molecule has 4 nitrogen and oxygen atoms in total. The van der Waals surface area contributed by atoms with E-state index in [1.807, 2.05) is 24.9 Å². The molecule has 1 fully saturated rings. The summed E-state index contributed by atoms with van der Waals surface area (Å²) in [6.07, 6.45) is 3.69. The molecule has 0 bridgehead atoms. The van der Waals surface area contributed by atoms with Crippen molar-refractivity contribution in [1.29, 1.82) is 0 Å². The SMILES string of the molecule is CCC1CN(C(=O)c2occc2C)CCC1NC. The van der Waals surface area contributed by atoms with Crippen LogP contribution in [0, 0.1) is 12.8 Å². The summed E-state index contributed by atoms with van der Waals surface area (Å²) in [4.78, 5) is 14.3.